The minimum atomic E-state index is 0. The lowest BCUT2D eigenvalue weighted by molar-refractivity contribution is 0.439. The molecule has 0 amide bonds. The molecule has 0 aliphatic carbocycles. The summed E-state index contributed by atoms with van der Waals surface area (Å²) < 4.78 is 0. The Labute approximate surface area is 61.3 Å². The Kier molecular flexibility index (Phi) is 7.92. The minimum absolute atomic E-state index is 0. The second-order valence-electron chi connectivity index (χ2n) is 2.78. The Morgan fingerprint density at radius 1 is 1.22 bits per heavy atom. The van der Waals surface area contributed by atoms with E-state index in [0.717, 1.165) is 6.54 Å². The second-order valence-corrected chi connectivity index (χ2v) is 2.78. The molecule has 0 radical (unpaired) electrons. The third-order valence-electron chi connectivity index (χ3n) is 0.707. The summed E-state index contributed by atoms with van der Waals surface area (Å²) in [5, 5.41) is 3.28. The van der Waals surface area contributed by atoms with Crippen LogP contribution in [0.1, 0.15) is 43.0 Å². The molecule has 0 saturated heterocycles. The molecule has 0 saturated carbocycles. The summed E-state index contributed by atoms with van der Waals surface area (Å²) in [6.07, 6.45) is 0. The highest BCUT2D eigenvalue weighted by atomic mass is 14.9. The minimum Gasteiger partial charge on any atom is -0.312 e. The van der Waals surface area contributed by atoms with Crippen LogP contribution in [0.4, 0.5) is 0 Å². The van der Waals surface area contributed by atoms with Gasteiger partial charge in [0.1, 0.15) is 0 Å². The molecule has 9 heavy (non-hydrogen) atoms. The van der Waals surface area contributed by atoms with Gasteiger partial charge in [-0.1, -0.05) is 20.8 Å². The van der Waals surface area contributed by atoms with E-state index in [4.69, 9.17) is 0 Å². The summed E-state index contributed by atoms with van der Waals surface area (Å²) in [5.41, 5.74) is 0.300. The third kappa shape index (κ3) is 18.0. The lowest BCUT2D eigenvalue weighted by Gasteiger charge is -2.18. The topological polar surface area (TPSA) is 12.0 Å². The zero-order valence-electron chi connectivity index (χ0n) is 7.71. The summed E-state index contributed by atoms with van der Waals surface area (Å²) in [6.45, 7) is 13.7. The Morgan fingerprint density at radius 3 is 1.56 bits per heavy atom. The molecule has 0 aliphatic heterocycles. The van der Waals surface area contributed by atoms with Gasteiger partial charge in [-0.05, 0) is 27.3 Å². The molecule has 0 aromatic heterocycles. The first-order valence-electron chi connectivity index (χ1n) is 3.81. The molecule has 0 spiro atoms. The molecular formula is C8H23N. The first kappa shape index (κ1) is 11.7. The van der Waals surface area contributed by atoms with E-state index >= 15 is 0 Å². The largest absolute Gasteiger partial charge is 0.312 e. The first-order valence-corrected chi connectivity index (χ1v) is 3.81. The SMILES string of the molecule is CC.CCNC(C)(C)C.[HH]. The van der Waals surface area contributed by atoms with Gasteiger partial charge >= 0.3 is 0 Å². The summed E-state index contributed by atoms with van der Waals surface area (Å²) in [6, 6.07) is 0. The van der Waals surface area contributed by atoms with Gasteiger partial charge in [0.25, 0.3) is 0 Å². The molecule has 1 N–H and O–H groups in total. The van der Waals surface area contributed by atoms with Gasteiger partial charge < -0.3 is 5.32 Å². The van der Waals surface area contributed by atoms with Crippen LogP contribution in [-0.4, -0.2) is 12.1 Å². The third-order valence-corrected chi connectivity index (χ3v) is 0.707. The fourth-order valence-corrected chi connectivity index (χ4v) is 0.530. The van der Waals surface area contributed by atoms with Crippen LogP contribution < -0.4 is 5.32 Å². The van der Waals surface area contributed by atoms with Crippen LogP contribution in [-0.2, 0) is 0 Å². The maximum absolute atomic E-state index is 3.28. The lowest BCUT2D eigenvalue weighted by atomic mass is 10.1. The number of nitrogens with one attached hydrogen (secondary N) is 1. The summed E-state index contributed by atoms with van der Waals surface area (Å²) >= 11 is 0. The van der Waals surface area contributed by atoms with E-state index < -0.39 is 0 Å². The van der Waals surface area contributed by atoms with Crippen molar-refractivity contribution in [2.75, 3.05) is 6.54 Å². The van der Waals surface area contributed by atoms with Crippen molar-refractivity contribution < 1.29 is 1.43 Å². The lowest BCUT2D eigenvalue weighted by Crippen LogP contribution is -2.35. The maximum atomic E-state index is 3.28. The van der Waals surface area contributed by atoms with Crippen LogP contribution in [0.2, 0.25) is 0 Å². The maximum Gasteiger partial charge on any atom is 0.00963 e. The van der Waals surface area contributed by atoms with Crippen molar-refractivity contribution in [3.05, 3.63) is 0 Å². The molecular weight excluding hydrogens is 110 g/mol. The second kappa shape index (κ2) is 6.09. The highest BCUT2D eigenvalue weighted by molar-refractivity contribution is 4.67. The summed E-state index contributed by atoms with van der Waals surface area (Å²) in [5.74, 6) is 0. The van der Waals surface area contributed by atoms with E-state index in [-0.39, 0.29) is 1.43 Å². The first-order chi connectivity index (χ1) is 4.06. The zero-order valence-corrected chi connectivity index (χ0v) is 7.71. The van der Waals surface area contributed by atoms with E-state index in [1.54, 1.807) is 0 Å². The highest BCUT2D eigenvalue weighted by Gasteiger charge is 2.04. The van der Waals surface area contributed by atoms with E-state index in [1.165, 1.54) is 0 Å². The van der Waals surface area contributed by atoms with Crippen LogP contribution in [0.25, 0.3) is 0 Å². The summed E-state index contributed by atoms with van der Waals surface area (Å²) in [7, 11) is 0. The van der Waals surface area contributed by atoms with Crippen molar-refractivity contribution in [2.45, 2.75) is 47.1 Å². The van der Waals surface area contributed by atoms with Gasteiger partial charge in [0.2, 0.25) is 0 Å². The molecule has 0 aromatic rings. The highest BCUT2D eigenvalue weighted by Crippen LogP contribution is 1.95. The fourth-order valence-electron chi connectivity index (χ4n) is 0.530. The summed E-state index contributed by atoms with van der Waals surface area (Å²) in [4.78, 5) is 0. The molecule has 0 unspecified atom stereocenters. The van der Waals surface area contributed by atoms with Gasteiger partial charge in [-0.25, -0.2) is 0 Å². The Morgan fingerprint density at radius 2 is 1.56 bits per heavy atom. The van der Waals surface area contributed by atoms with Crippen molar-refractivity contribution in [3.63, 3.8) is 0 Å². The molecule has 0 aromatic carbocycles. The molecule has 0 fully saturated rings. The average Bonchev–Trinajstić information content (AvgIpc) is 1.69. The smallest absolute Gasteiger partial charge is 0.00963 e. The molecule has 0 aliphatic rings. The fraction of sp³-hybridized carbons (Fsp3) is 1.00. The monoisotopic (exact) mass is 133 g/mol. The van der Waals surface area contributed by atoms with Crippen LogP contribution >= 0.6 is 0 Å². The zero-order chi connectivity index (χ0) is 7.91. The van der Waals surface area contributed by atoms with Crippen LogP contribution in [0, 0.1) is 0 Å². The Hall–Kier alpha value is -0.0400. The molecule has 0 heterocycles. The van der Waals surface area contributed by atoms with E-state index in [0.29, 0.717) is 5.54 Å². The van der Waals surface area contributed by atoms with E-state index in [9.17, 15) is 0 Å². The molecule has 1 heteroatoms. The number of rotatable bonds is 1. The predicted octanol–water partition coefficient (Wildman–Crippen LogP) is 2.67. The van der Waals surface area contributed by atoms with Crippen LogP contribution in [0.15, 0.2) is 0 Å². The molecule has 0 bridgehead atoms. The van der Waals surface area contributed by atoms with Crippen LogP contribution in [0.5, 0.6) is 0 Å². The predicted molar refractivity (Wildman–Crippen MR) is 46.9 cm³/mol. The van der Waals surface area contributed by atoms with Gasteiger partial charge in [0, 0.05) is 6.97 Å². The van der Waals surface area contributed by atoms with Gasteiger partial charge in [0.05, 0.1) is 0 Å². The average molecular weight is 133 g/mol. The van der Waals surface area contributed by atoms with Crippen molar-refractivity contribution in [3.8, 4) is 0 Å². The van der Waals surface area contributed by atoms with E-state index in [1.807, 2.05) is 13.8 Å². The standard InChI is InChI=1S/C6H15N.C2H6.H2/c1-5-7-6(2,3)4;1-2;/h7H,5H2,1-4H3;1-2H3;1H. The molecule has 60 valence electrons. The van der Waals surface area contributed by atoms with Gasteiger partial charge in [-0.15, -0.1) is 0 Å². The number of hydrogen-bond donors (Lipinski definition) is 1. The van der Waals surface area contributed by atoms with Crippen molar-refractivity contribution >= 4 is 0 Å². The van der Waals surface area contributed by atoms with Crippen molar-refractivity contribution in [1.82, 2.24) is 5.32 Å². The molecule has 0 rings (SSSR count). The van der Waals surface area contributed by atoms with Gasteiger partial charge in [0.15, 0.2) is 0 Å². The van der Waals surface area contributed by atoms with Gasteiger partial charge in [-0.2, -0.15) is 0 Å². The van der Waals surface area contributed by atoms with Crippen molar-refractivity contribution in [1.29, 1.82) is 0 Å². The quantitative estimate of drug-likeness (QED) is 0.580. The van der Waals surface area contributed by atoms with Crippen LogP contribution in [0.3, 0.4) is 0 Å². The Balaban J connectivity index is -0.000000149. The molecule has 0 atom stereocenters. The normalized spacial score (nSPS) is 10.0. The van der Waals surface area contributed by atoms with Crippen molar-refractivity contribution in [2.24, 2.45) is 0 Å². The number of hydrogen-bond acceptors (Lipinski definition) is 1. The van der Waals surface area contributed by atoms with Gasteiger partial charge in [-0.3, -0.25) is 0 Å². The Bertz CT molecular complexity index is 47.7. The molecule has 1 nitrogen and oxygen atoms in total. The van der Waals surface area contributed by atoms with E-state index in [2.05, 4.69) is 33.0 Å².